The Labute approximate surface area is 170 Å². The van der Waals surface area contributed by atoms with Crippen molar-refractivity contribution in [2.45, 2.75) is 89.8 Å². The Morgan fingerprint density at radius 3 is 2.11 bits per heavy atom. The van der Waals surface area contributed by atoms with Gasteiger partial charge in [-0.25, -0.2) is 4.79 Å². The molecule has 160 valence electrons. The van der Waals surface area contributed by atoms with Gasteiger partial charge in [0.15, 0.2) is 0 Å². The molecule has 2 atom stereocenters. The fourth-order valence-corrected chi connectivity index (χ4v) is 5.34. The molecule has 2 bridgehead atoms. The summed E-state index contributed by atoms with van der Waals surface area (Å²) in [6.45, 7) is 9.18. The fourth-order valence-electron chi connectivity index (χ4n) is 5.34. The maximum Gasteiger partial charge on any atom is 0.410 e. The first-order valence-corrected chi connectivity index (χ1v) is 11.5. The van der Waals surface area contributed by atoms with Crippen LogP contribution in [-0.2, 0) is 9.53 Å². The molecule has 2 unspecified atom stereocenters. The van der Waals surface area contributed by atoms with E-state index < -0.39 is 0 Å². The largest absolute Gasteiger partial charge is 0.450 e. The minimum Gasteiger partial charge on any atom is -0.450 e. The third-order valence-electron chi connectivity index (χ3n) is 7.05. The van der Waals surface area contributed by atoms with E-state index in [1.165, 1.54) is 45.2 Å². The molecule has 0 N–H and O–H groups in total. The Bertz CT molecular complexity index is 489. The third kappa shape index (κ3) is 5.19. The Balaban J connectivity index is 0.000000236. The summed E-state index contributed by atoms with van der Waals surface area (Å²) in [5, 5.41) is 0. The predicted molar refractivity (Wildman–Crippen MR) is 110 cm³/mol. The van der Waals surface area contributed by atoms with Gasteiger partial charge in [-0.3, -0.25) is 9.69 Å². The third-order valence-corrected chi connectivity index (χ3v) is 7.05. The molecule has 0 aromatic carbocycles. The molecule has 4 aliphatic heterocycles. The maximum atomic E-state index is 12.2. The zero-order valence-corrected chi connectivity index (χ0v) is 17.9. The van der Waals surface area contributed by atoms with Gasteiger partial charge >= 0.3 is 6.09 Å². The first-order chi connectivity index (χ1) is 13.7. The van der Waals surface area contributed by atoms with E-state index >= 15 is 0 Å². The summed E-state index contributed by atoms with van der Waals surface area (Å²) in [6, 6.07) is 1.55. The Kier molecular flexibility index (Phi) is 8.00. The molecule has 2 amide bonds. The summed E-state index contributed by atoms with van der Waals surface area (Å²) in [6.07, 6.45) is 11.8. The highest BCUT2D eigenvalue weighted by molar-refractivity contribution is 5.69. The molecule has 4 aliphatic rings. The van der Waals surface area contributed by atoms with Crippen LogP contribution in [0.25, 0.3) is 0 Å². The molecule has 4 fully saturated rings. The van der Waals surface area contributed by atoms with Crippen LogP contribution in [0.1, 0.15) is 71.6 Å². The highest BCUT2D eigenvalue weighted by Gasteiger charge is 2.44. The predicted octanol–water partition coefficient (Wildman–Crippen LogP) is 3.50. The van der Waals surface area contributed by atoms with Crippen molar-refractivity contribution in [2.24, 2.45) is 5.92 Å². The van der Waals surface area contributed by atoms with Crippen LogP contribution >= 0.6 is 0 Å². The lowest BCUT2D eigenvalue weighted by molar-refractivity contribution is -0.118. The Hall–Kier alpha value is -1.30. The lowest BCUT2D eigenvalue weighted by atomic mass is 9.79. The number of nitrogens with zero attached hydrogens (tertiary/aromatic N) is 3. The standard InChI is InChI=1S/C16H28N2O2.C6H11NO/c1-3-12-10-17(11-12)15-8-13-6-5-7-14(9-15)18(13)16(19)20-4-2;8-6-7-4-2-1-3-5-7/h12-15H,3-11H2,1-2H3;6H,1-5H2. The molecule has 0 spiro atoms. The van der Waals surface area contributed by atoms with Crippen LogP contribution in [0.2, 0.25) is 0 Å². The number of hydrogen-bond donors (Lipinski definition) is 0. The van der Waals surface area contributed by atoms with E-state index in [-0.39, 0.29) is 6.09 Å². The SMILES string of the molecule is CCOC(=O)N1C2CCCC1CC(N1CC(CC)C1)C2.O=CN1CCCCC1. The van der Waals surface area contributed by atoms with Crippen molar-refractivity contribution in [2.75, 3.05) is 32.8 Å². The van der Waals surface area contributed by atoms with Gasteiger partial charge in [-0.2, -0.15) is 0 Å². The fraction of sp³-hybridized carbons (Fsp3) is 0.909. The van der Waals surface area contributed by atoms with Gasteiger partial charge in [-0.15, -0.1) is 0 Å². The highest BCUT2D eigenvalue weighted by atomic mass is 16.6. The number of rotatable bonds is 4. The van der Waals surface area contributed by atoms with E-state index in [1.807, 2.05) is 11.8 Å². The molecule has 0 aromatic rings. The average Bonchev–Trinajstić information content (AvgIpc) is 2.68. The van der Waals surface area contributed by atoms with E-state index in [9.17, 15) is 9.59 Å². The van der Waals surface area contributed by atoms with Gasteiger partial charge in [-0.05, 0) is 64.2 Å². The Morgan fingerprint density at radius 1 is 0.964 bits per heavy atom. The van der Waals surface area contributed by atoms with Crippen molar-refractivity contribution < 1.29 is 14.3 Å². The maximum absolute atomic E-state index is 12.2. The van der Waals surface area contributed by atoms with Crippen LogP contribution in [0.4, 0.5) is 4.79 Å². The molecule has 0 saturated carbocycles. The molecule has 6 nitrogen and oxygen atoms in total. The number of carbonyl (C=O) groups is 2. The summed E-state index contributed by atoms with van der Waals surface area (Å²) in [5.74, 6) is 0.915. The van der Waals surface area contributed by atoms with Gasteiger partial charge in [-0.1, -0.05) is 13.3 Å². The van der Waals surface area contributed by atoms with Crippen molar-refractivity contribution in [3.8, 4) is 0 Å². The number of likely N-dealkylation sites (tertiary alicyclic amines) is 2. The zero-order valence-electron chi connectivity index (χ0n) is 17.9. The lowest BCUT2D eigenvalue weighted by Crippen LogP contribution is -2.62. The van der Waals surface area contributed by atoms with Crippen LogP contribution in [0.5, 0.6) is 0 Å². The zero-order chi connectivity index (χ0) is 19.9. The lowest BCUT2D eigenvalue weighted by Gasteiger charge is -2.53. The van der Waals surface area contributed by atoms with Crippen LogP contribution < -0.4 is 0 Å². The van der Waals surface area contributed by atoms with E-state index in [4.69, 9.17) is 4.74 Å². The minimum absolute atomic E-state index is 0.0734. The minimum atomic E-state index is -0.0734. The van der Waals surface area contributed by atoms with Crippen LogP contribution in [0, 0.1) is 5.92 Å². The first kappa shape index (κ1) is 21.4. The number of piperidine rings is 3. The number of carbonyl (C=O) groups excluding carboxylic acids is 2. The summed E-state index contributed by atoms with van der Waals surface area (Å²) in [5.41, 5.74) is 0. The highest BCUT2D eigenvalue weighted by Crippen LogP contribution is 2.38. The number of hydrogen-bond acceptors (Lipinski definition) is 4. The van der Waals surface area contributed by atoms with Crippen molar-refractivity contribution in [1.29, 1.82) is 0 Å². The normalized spacial score (nSPS) is 30.7. The molecular weight excluding hydrogens is 354 g/mol. The molecule has 0 aromatic heterocycles. The summed E-state index contributed by atoms with van der Waals surface area (Å²) < 4.78 is 5.26. The topological polar surface area (TPSA) is 53.1 Å². The second kappa shape index (κ2) is 10.5. The quantitative estimate of drug-likeness (QED) is 0.686. The number of fused-ring (bicyclic) bond motifs is 2. The molecule has 6 heteroatoms. The second-order valence-electron chi connectivity index (χ2n) is 8.90. The summed E-state index contributed by atoms with van der Waals surface area (Å²) in [4.78, 5) is 28.8. The van der Waals surface area contributed by atoms with Gasteiger partial charge in [0.1, 0.15) is 0 Å². The Morgan fingerprint density at radius 2 is 1.61 bits per heavy atom. The molecule has 4 rings (SSSR count). The van der Waals surface area contributed by atoms with Crippen molar-refractivity contribution in [3.05, 3.63) is 0 Å². The molecular formula is C22H39N3O3. The van der Waals surface area contributed by atoms with E-state index in [1.54, 1.807) is 0 Å². The molecule has 0 radical (unpaired) electrons. The molecule has 4 saturated heterocycles. The van der Waals surface area contributed by atoms with Crippen molar-refractivity contribution in [1.82, 2.24) is 14.7 Å². The van der Waals surface area contributed by atoms with Crippen molar-refractivity contribution >= 4 is 12.5 Å². The monoisotopic (exact) mass is 393 g/mol. The van der Waals surface area contributed by atoms with Crippen LogP contribution in [-0.4, -0.2) is 78.1 Å². The van der Waals surface area contributed by atoms with Crippen LogP contribution in [0.3, 0.4) is 0 Å². The van der Waals surface area contributed by atoms with E-state index in [0.717, 1.165) is 51.1 Å². The van der Waals surface area contributed by atoms with E-state index in [2.05, 4.69) is 16.7 Å². The molecule has 0 aliphatic carbocycles. The first-order valence-electron chi connectivity index (χ1n) is 11.5. The van der Waals surface area contributed by atoms with E-state index in [0.29, 0.717) is 24.7 Å². The second-order valence-corrected chi connectivity index (χ2v) is 8.90. The van der Waals surface area contributed by atoms with Crippen molar-refractivity contribution in [3.63, 3.8) is 0 Å². The van der Waals surface area contributed by atoms with Gasteiger partial charge in [0.25, 0.3) is 0 Å². The van der Waals surface area contributed by atoms with Gasteiger partial charge < -0.3 is 14.5 Å². The summed E-state index contributed by atoms with van der Waals surface area (Å²) >= 11 is 0. The number of amides is 2. The van der Waals surface area contributed by atoms with Gasteiger partial charge in [0.2, 0.25) is 6.41 Å². The smallest absolute Gasteiger partial charge is 0.410 e. The summed E-state index contributed by atoms with van der Waals surface area (Å²) in [7, 11) is 0. The van der Waals surface area contributed by atoms with Crippen LogP contribution in [0.15, 0.2) is 0 Å². The molecule has 28 heavy (non-hydrogen) atoms. The number of ether oxygens (including phenoxy) is 1. The van der Waals surface area contributed by atoms with Gasteiger partial charge in [0, 0.05) is 44.3 Å². The average molecular weight is 394 g/mol. The molecule has 4 heterocycles. The van der Waals surface area contributed by atoms with Gasteiger partial charge in [0.05, 0.1) is 6.61 Å².